The maximum absolute atomic E-state index is 14.7. The number of ketones is 2. The maximum atomic E-state index is 14.7. The number of Topliss-reactive ketones (excluding diaryl/α,β-unsaturated/α-hetero) is 2. The van der Waals surface area contributed by atoms with Crippen LogP contribution in [0.4, 0.5) is 32.0 Å². The van der Waals surface area contributed by atoms with Gasteiger partial charge in [-0.15, -0.1) is 10.2 Å². The Labute approximate surface area is 223 Å². The van der Waals surface area contributed by atoms with Gasteiger partial charge in [0.25, 0.3) is 11.8 Å². The van der Waals surface area contributed by atoms with Gasteiger partial charge in [0.05, 0.1) is 17.9 Å². The number of pyridine rings is 1. The number of carbonyl (C=O) groups excluding carboxylic acids is 3. The number of carbonyl (C=O) groups is 3. The molecule has 214 valence electrons. The van der Waals surface area contributed by atoms with E-state index in [0.29, 0.717) is 6.07 Å². The van der Waals surface area contributed by atoms with Crippen LogP contribution in [0.5, 0.6) is 0 Å². The highest BCUT2D eigenvalue weighted by Crippen LogP contribution is 2.47. The molecule has 40 heavy (non-hydrogen) atoms. The predicted molar refractivity (Wildman–Crippen MR) is 127 cm³/mol. The molecule has 1 N–H and O–H groups in total. The second-order valence-corrected chi connectivity index (χ2v) is 8.56. The lowest BCUT2D eigenvalue weighted by Gasteiger charge is -2.32. The number of amides is 1. The van der Waals surface area contributed by atoms with E-state index in [9.17, 15) is 40.7 Å². The molecule has 1 aliphatic rings. The summed E-state index contributed by atoms with van der Waals surface area (Å²) in [6, 6.07) is 0.367. The first-order valence-corrected chi connectivity index (χ1v) is 11.6. The van der Waals surface area contributed by atoms with Gasteiger partial charge in [0.1, 0.15) is 11.5 Å². The monoisotopic (exact) mass is 572 g/mol. The molecule has 0 saturated carbocycles. The van der Waals surface area contributed by atoms with Crippen molar-refractivity contribution in [2.45, 2.75) is 50.1 Å². The summed E-state index contributed by atoms with van der Waals surface area (Å²) in [5, 5.41) is 8.94. The van der Waals surface area contributed by atoms with Crippen LogP contribution in [0.2, 0.25) is 0 Å². The Morgan fingerprint density at radius 2 is 1.82 bits per heavy atom. The molecule has 2 aromatic heterocycles. The fourth-order valence-electron chi connectivity index (χ4n) is 3.91. The third-order valence-corrected chi connectivity index (χ3v) is 5.93. The summed E-state index contributed by atoms with van der Waals surface area (Å²) in [5.74, 6) is -3.78. The van der Waals surface area contributed by atoms with Gasteiger partial charge in [-0.05, 0) is 24.5 Å². The van der Waals surface area contributed by atoms with Crippen molar-refractivity contribution >= 4 is 23.7 Å². The Bertz CT molecular complexity index is 1350. The van der Waals surface area contributed by atoms with Crippen LogP contribution in [0.25, 0.3) is 11.6 Å². The van der Waals surface area contributed by atoms with Gasteiger partial charge in [-0.25, -0.2) is 4.98 Å². The largest absolute Gasteiger partial charge is 0.426 e. The summed E-state index contributed by atoms with van der Waals surface area (Å²) in [4.78, 5) is 39.9. The molecule has 0 saturated heterocycles. The summed E-state index contributed by atoms with van der Waals surface area (Å²) in [6.45, 7) is 6.33. The van der Waals surface area contributed by atoms with E-state index >= 15 is 0 Å². The van der Waals surface area contributed by atoms with Crippen LogP contribution in [0, 0.1) is 0 Å². The Kier molecular flexibility index (Phi) is 9.07. The van der Waals surface area contributed by atoms with Crippen LogP contribution in [0.3, 0.4) is 0 Å². The van der Waals surface area contributed by atoms with Gasteiger partial charge in [-0.2, -0.15) is 26.3 Å². The first kappa shape index (κ1) is 30.4. The first-order chi connectivity index (χ1) is 18.8. The van der Waals surface area contributed by atoms with Crippen LogP contribution < -0.4 is 5.32 Å². The van der Waals surface area contributed by atoms with Gasteiger partial charge < -0.3 is 14.5 Å². The van der Waals surface area contributed by atoms with Gasteiger partial charge in [-0.1, -0.05) is 31.4 Å². The fourth-order valence-corrected chi connectivity index (χ4v) is 3.91. The Balaban J connectivity index is 2.29. The van der Waals surface area contributed by atoms with Gasteiger partial charge in [0, 0.05) is 19.3 Å². The predicted octanol–water partition coefficient (Wildman–Crippen LogP) is 5.51. The number of allylic oxidation sites excluding steroid dienone is 2. The fraction of sp³-hybridized carbons (Fsp3) is 0.360. The average molecular weight is 572 g/mol. The Hall–Kier alpha value is -4.14. The summed E-state index contributed by atoms with van der Waals surface area (Å²) < 4.78 is 96.0. The zero-order valence-electron chi connectivity index (χ0n) is 20.7. The Morgan fingerprint density at radius 1 is 1.10 bits per heavy atom. The van der Waals surface area contributed by atoms with Crippen LogP contribution >= 0.6 is 0 Å². The van der Waals surface area contributed by atoms with Crippen molar-refractivity contribution in [2.24, 2.45) is 0 Å². The van der Waals surface area contributed by atoms with Crippen LogP contribution in [0.1, 0.15) is 54.0 Å². The van der Waals surface area contributed by atoms with Crippen molar-refractivity contribution < 1.29 is 49.9 Å². The minimum atomic E-state index is -5.18. The SMILES string of the molecule is C=C/C=C(\C=C)COC1(C(F)(F)F)CCCC(=O)CCC(=O)c2nc(c(NC=O)cc2C(F)(F)F)-c2nnc1o2. The molecule has 2 aromatic rings. The number of fused-ring (bicyclic) bond motifs is 5. The highest BCUT2D eigenvalue weighted by molar-refractivity contribution is 5.99. The van der Waals surface area contributed by atoms with E-state index in [0.717, 1.165) is 0 Å². The molecule has 1 unspecified atom stereocenters. The molecular weight excluding hydrogens is 550 g/mol. The normalized spacial score (nSPS) is 19.1. The highest BCUT2D eigenvalue weighted by Gasteiger charge is 2.61. The molecule has 0 aromatic carbocycles. The number of hydrogen-bond donors (Lipinski definition) is 1. The molecular formula is C25H22F6N4O5. The molecule has 3 rings (SSSR count). The van der Waals surface area contributed by atoms with Crippen LogP contribution in [0.15, 0.2) is 47.4 Å². The van der Waals surface area contributed by atoms with Crippen LogP contribution in [-0.2, 0) is 26.1 Å². The molecule has 0 spiro atoms. The van der Waals surface area contributed by atoms with Gasteiger partial charge >= 0.3 is 12.4 Å². The number of anilines is 1. The van der Waals surface area contributed by atoms with Gasteiger partial charge in [0.2, 0.25) is 12.0 Å². The number of aromatic nitrogens is 3. The molecule has 1 amide bonds. The first-order valence-electron chi connectivity index (χ1n) is 11.6. The molecule has 15 heteroatoms. The molecule has 3 heterocycles. The molecule has 0 fully saturated rings. The van der Waals surface area contributed by atoms with Gasteiger partial charge in [-0.3, -0.25) is 14.4 Å². The molecule has 9 nitrogen and oxygen atoms in total. The second kappa shape index (κ2) is 11.9. The smallest absolute Gasteiger partial charge is 0.416 e. The van der Waals surface area contributed by atoms with Crippen LogP contribution in [-0.4, -0.2) is 45.9 Å². The summed E-state index contributed by atoms with van der Waals surface area (Å²) in [7, 11) is 0. The second-order valence-electron chi connectivity index (χ2n) is 8.56. The summed E-state index contributed by atoms with van der Waals surface area (Å²) >= 11 is 0. The summed E-state index contributed by atoms with van der Waals surface area (Å²) in [6.07, 6.45) is -9.37. The standard InChI is InChI=1S/C25H22F6N4O5/c1-3-6-14(4-2)12-39-23(25(29,30)31)10-5-7-15(37)8-9-18(38)19-16(24(26,27)28)11-17(32-13-36)20(33-19)21-34-35-22(23)40-21/h3-4,6,11,13H,1-2,5,7-10,12H2,(H,32,36)/b14-6+. The number of nitrogens with zero attached hydrogens (tertiary/aromatic N) is 3. The van der Waals surface area contributed by atoms with Crippen molar-refractivity contribution in [3.8, 4) is 11.6 Å². The van der Waals surface area contributed by atoms with E-state index in [1.807, 2.05) is 5.32 Å². The van der Waals surface area contributed by atoms with Crippen molar-refractivity contribution in [2.75, 3.05) is 11.9 Å². The molecule has 1 atom stereocenters. The molecule has 1 aliphatic heterocycles. The van der Waals surface area contributed by atoms with Crippen molar-refractivity contribution in [3.63, 3.8) is 0 Å². The molecule has 0 aliphatic carbocycles. The van der Waals surface area contributed by atoms with Gasteiger partial charge in [0.15, 0.2) is 11.5 Å². The lowest BCUT2D eigenvalue weighted by Crippen LogP contribution is -2.45. The lowest BCUT2D eigenvalue weighted by molar-refractivity contribution is -0.293. The number of nitrogens with one attached hydrogen (secondary N) is 1. The van der Waals surface area contributed by atoms with E-state index in [4.69, 9.17) is 9.15 Å². The number of alkyl halides is 6. The van der Waals surface area contributed by atoms with E-state index in [1.165, 1.54) is 18.2 Å². The lowest BCUT2D eigenvalue weighted by atomic mass is 9.93. The van der Waals surface area contributed by atoms with Crippen molar-refractivity contribution in [3.05, 3.63) is 60.2 Å². The Morgan fingerprint density at radius 3 is 2.42 bits per heavy atom. The van der Waals surface area contributed by atoms with Crippen molar-refractivity contribution in [1.82, 2.24) is 15.2 Å². The minimum absolute atomic E-state index is 0.0116. The maximum Gasteiger partial charge on any atom is 0.426 e. The van der Waals surface area contributed by atoms with E-state index in [1.54, 1.807) is 0 Å². The number of ether oxygens (including phenoxy) is 1. The average Bonchev–Trinajstić information content (AvgIpc) is 3.37. The van der Waals surface area contributed by atoms with Crippen molar-refractivity contribution in [1.29, 1.82) is 0 Å². The zero-order valence-corrected chi connectivity index (χ0v) is 20.7. The molecule has 0 radical (unpaired) electrons. The number of rotatable bonds is 7. The van der Waals surface area contributed by atoms with E-state index < -0.39 is 103 Å². The number of hydrogen-bond acceptors (Lipinski definition) is 8. The summed E-state index contributed by atoms with van der Waals surface area (Å²) in [5.41, 5.74) is -7.08. The highest BCUT2D eigenvalue weighted by atomic mass is 19.4. The minimum Gasteiger partial charge on any atom is -0.416 e. The molecule has 4 bridgehead atoms. The third kappa shape index (κ3) is 6.35. The quantitative estimate of drug-likeness (QED) is 0.262. The third-order valence-electron chi connectivity index (χ3n) is 5.93. The van der Waals surface area contributed by atoms with E-state index in [2.05, 4.69) is 28.3 Å². The topological polar surface area (TPSA) is 124 Å². The number of halogens is 6. The zero-order chi connectivity index (χ0) is 29.7. The van der Waals surface area contributed by atoms with E-state index in [-0.39, 0.29) is 12.0 Å².